The van der Waals surface area contributed by atoms with Crippen LogP contribution in [0.25, 0.3) is 0 Å². The lowest BCUT2D eigenvalue weighted by Crippen LogP contribution is -2.40. The number of cyclic esters (lactones) is 2. The van der Waals surface area contributed by atoms with E-state index >= 15 is 0 Å². The highest BCUT2D eigenvalue weighted by Crippen LogP contribution is 2.28. The molecule has 2 aromatic heterocycles. The molecule has 0 radical (unpaired) electrons. The van der Waals surface area contributed by atoms with Gasteiger partial charge in [0.2, 0.25) is 23.1 Å². The Kier molecular flexibility index (Phi) is 17.8. The number of halogens is 4. The minimum atomic E-state index is -1.29. The molecule has 2 fully saturated rings. The van der Waals surface area contributed by atoms with Gasteiger partial charge in [0.1, 0.15) is 72.3 Å². The van der Waals surface area contributed by atoms with Crippen molar-refractivity contribution in [3.8, 4) is 23.0 Å². The van der Waals surface area contributed by atoms with Crippen molar-refractivity contribution in [3.63, 3.8) is 0 Å². The van der Waals surface area contributed by atoms with Crippen molar-refractivity contribution >= 4 is 54.0 Å². The van der Waals surface area contributed by atoms with E-state index in [1.54, 1.807) is 13.8 Å². The largest absolute Gasteiger partial charge is 0.457 e. The fourth-order valence-electron chi connectivity index (χ4n) is 6.38. The number of hydrogen-bond acceptors (Lipinski definition) is 14. The van der Waals surface area contributed by atoms with Crippen LogP contribution in [-0.2, 0) is 9.47 Å². The Bertz CT molecular complexity index is 2480. The molecule has 2 saturated heterocycles. The third-order valence-electron chi connectivity index (χ3n) is 9.84. The number of carbonyl (C=O) groups is 2. The van der Waals surface area contributed by atoms with E-state index in [1.807, 2.05) is 123 Å². The third kappa shape index (κ3) is 13.6. The number of nitrogens with two attached hydrogens (primary N) is 1. The molecule has 4 heterocycles. The van der Waals surface area contributed by atoms with Gasteiger partial charge < -0.3 is 30.0 Å². The number of ether oxygens (including phenoxy) is 4. The highest BCUT2D eigenvalue weighted by Gasteiger charge is 2.41. The molecule has 0 aliphatic carbocycles. The predicted octanol–water partition coefficient (Wildman–Crippen LogP) is 10.3. The van der Waals surface area contributed by atoms with Crippen LogP contribution in [0.2, 0.25) is 5.28 Å². The van der Waals surface area contributed by atoms with Gasteiger partial charge in [0.25, 0.3) is 0 Å². The number of hydrogen-bond donors (Lipinski definition) is 2. The number of nitrogens with zero attached hydrogens (tertiary/aromatic N) is 8. The SMILES string of the molecule is C[C@H](N)c1ccc(Oc2ccccc2)cc1.Cc1nc(Cl)nc(N2C(=O)OC[C@@H]2[C@H](C)F)n1.Cc1nc(N[C@@H](C)c2ccc(Oc3ccccc3)cc2)nc(N2C(=O)OC[C@@H]2[C@H](C)F)n1.Cl. The molecule has 0 saturated carbocycles. The van der Waals surface area contributed by atoms with Crippen molar-refractivity contribution in [2.24, 2.45) is 5.73 Å². The molecule has 6 aromatic rings. The van der Waals surface area contributed by atoms with Gasteiger partial charge in [-0.1, -0.05) is 60.7 Å². The van der Waals surface area contributed by atoms with Gasteiger partial charge in [-0.2, -0.15) is 24.9 Å². The first-order valence-electron chi connectivity index (χ1n) is 20.6. The molecule has 6 atom stereocenters. The van der Waals surface area contributed by atoms with Crippen molar-refractivity contribution in [3.05, 3.63) is 137 Å². The van der Waals surface area contributed by atoms with Gasteiger partial charge in [-0.25, -0.2) is 33.2 Å². The number of nitrogens with one attached hydrogen (secondary N) is 1. The lowest BCUT2D eigenvalue weighted by molar-refractivity contribution is 0.173. The Morgan fingerprint density at radius 3 is 1.45 bits per heavy atom. The third-order valence-corrected chi connectivity index (χ3v) is 10.0. The molecular formula is C46H50Cl2F2N10O6. The maximum absolute atomic E-state index is 13.9. The highest BCUT2D eigenvalue weighted by molar-refractivity contribution is 6.28. The van der Waals surface area contributed by atoms with E-state index in [0.717, 1.165) is 43.9 Å². The first-order valence-corrected chi connectivity index (χ1v) is 21.0. The fourth-order valence-corrected chi connectivity index (χ4v) is 6.58. The van der Waals surface area contributed by atoms with E-state index in [9.17, 15) is 18.4 Å². The molecule has 2 aliphatic rings. The van der Waals surface area contributed by atoms with Gasteiger partial charge in [0.15, 0.2) is 0 Å². The molecule has 3 N–H and O–H groups in total. The molecule has 2 amide bonds. The van der Waals surface area contributed by atoms with E-state index < -0.39 is 36.6 Å². The molecule has 0 bridgehead atoms. The summed E-state index contributed by atoms with van der Waals surface area (Å²) in [5.41, 5.74) is 7.87. The second kappa shape index (κ2) is 23.4. The summed E-state index contributed by atoms with van der Waals surface area (Å²) < 4.78 is 48.6. The van der Waals surface area contributed by atoms with E-state index in [0.29, 0.717) is 11.6 Å². The Balaban J connectivity index is 0.000000203. The summed E-state index contributed by atoms with van der Waals surface area (Å²) in [5, 5.41) is 3.17. The smallest absolute Gasteiger partial charge is 0.417 e. The van der Waals surface area contributed by atoms with Crippen molar-refractivity contribution in [1.29, 1.82) is 0 Å². The second-order valence-corrected chi connectivity index (χ2v) is 15.3. The van der Waals surface area contributed by atoms with Crippen LogP contribution in [0.5, 0.6) is 23.0 Å². The number of aromatic nitrogens is 6. The molecular weight excluding hydrogens is 897 g/mol. The summed E-state index contributed by atoms with van der Waals surface area (Å²) >= 11 is 5.67. The molecule has 0 spiro atoms. The number of para-hydroxylation sites is 2. The molecule has 16 nitrogen and oxygen atoms in total. The van der Waals surface area contributed by atoms with Crippen LogP contribution in [0, 0.1) is 13.8 Å². The number of benzene rings is 4. The van der Waals surface area contributed by atoms with Crippen LogP contribution in [0.3, 0.4) is 0 Å². The summed E-state index contributed by atoms with van der Waals surface area (Å²) in [6.45, 7) is 9.86. The maximum atomic E-state index is 13.9. The van der Waals surface area contributed by atoms with Gasteiger partial charge in [0.05, 0.1) is 6.04 Å². The number of amides is 2. The maximum Gasteiger partial charge on any atom is 0.417 e. The van der Waals surface area contributed by atoms with Crippen LogP contribution in [0.4, 0.5) is 36.2 Å². The zero-order valence-electron chi connectivity index (χ0n) is 36.9. The van der Waals surface area contributed by atoms with Crippen LogP contribution in [-0.4, -0.2) is 79.7 Å². The first-order chi connectivity index (χ1) is 31.1. The quantitative estimate of drug-likeness (QED) is 0.118. The Morgan fingerprint density at radius 1 is 0.621 bits per heavy atom. The van der Waals surface area contributed by atoms with Crippen molar-refractivity contribution in [2.75, 3.05) is 28.3 Å². The van der Waals surface area contributed by atoms with Crippen molar-refractivity contribution in [1.82, 2.24) is 29.9 Å². The molecule has 66 heavy (non-hydrogen) atoms. The Hall–Kier alpha value is -6.76. The number of carbonyl (C=O) groups excluding carboxylic acids is 2. The molecule has 0 unspecified atom stereocenters. The summed E-state index contributed by atoms with van der Waals surface area (Å²) in [6.07, 6.45) is -3.89. The zero-order chi connectivity index (χ0) is 46.6. The molecule has 2 aliphatic heterocycles. The van der Waals surface area contributed by atoms with Gasteiger partial charge in [-0.3, -0.25) is 0 Å². The van der Waals surface area contributed by atoms with Crippen LogP contribution < -0.4 is 30.3 Å². The van der Waals surface area contributed by atoms with Gasteiger partial charge >= 0.3 is 12.2 Å². The molecule has 4 aromatic carbocycles. The zero-order valence-corrected chi connectivity index (χ0v) is 38.5. The average molecular weight is 948 g/mol. The fraction of sp³-hybridized carbons (Fsp3) is 0.304. The number of alkyl halides is 2. The highest BCUT2D eigenvalue weighted by atomic mass is 35.5. The lowest BCUT2D eigenvalue weighted by Gasteiger charge is -2.21. The topological polar surface area (TPSA) is 193 Å². The minimum Gasteiger partial charge on any atom is -0.457 e. The van der Waals surface area contributed by atoms with E-state index in [4.69, 9.17) is 36.3 Å². The van der Waals surface area contributed by atoms with E-state index in [-0.39, 0.29) is 60.8 Å². The summed E-state index contributed by atoms with van der Waals surface area (Å²) in [5.74, 6) is 4.29. The first kappa shape index (κ1) is 50.2. The van der Waals surface area contributed by atoms with Crippen LogP contribution in [0.15, 0.2) is 109 Å². The predicted molar refractivity (Wildman–Crippen MR) is 248 cm³/mol. The monoisotopic (exact) mass is 946 g/mol. The summed E-state index contributed by atoms with van der Waals surface area (Å²) in [7, 11) is 0. The number of aryl methyl sites for hydroxylation is 2. The van der Waals surface area contributed by atoms with E-state index in [2.05, 4.69) is 35.2 Å². The number of rotatable bonds is 12. The van der Waals surface area contributed by atoms with Gasteiger partial charge in [0, 0.05) is 6.04 Å². The normalized spacial score (nSPS) is 17.0. The summed E-state index contributed by atoms with van der Waals surface area (Å²) in [6, 6.07) is 33.2. The average Bonchev–Trinajstić information content (AvgIpc) is 3.87. The number of anilines is 3. The molecule has 348 valence electrons. The Morgan fingerprint density at radius 2 is 1.03 bits per heavy atom. The Labute approximate surface area is 392 Å². The second-order valence-electron chi connectivity index (χ2n) is 15.0. The van der Waals surface area contributed by atoms with Gasteiger partial charge in [-0.15, -0.1) is 12.4 Å². The van der Waals surface area contributed by atoms with Gasteiger partial charge in [-0.05, 0) is 113 Å². The van der Waals surface area contributed by atoms with Crippen LogP contribution in [0.1, 0.15) is 62.6 Å². The van der Waals surface area contributed by atoms with E-state index in [1.165, 1.54) is 13.8 Å². The standard InChI is InChI=1S/C23H24FN5O3.C14H15NO.C9H10ClFN4O2.ClH/c1-14(24)20-13-31-23(30)29(20)22-27-16(3)26-21(28-22)25-15(2)17-9-11-19(12-10-17)32-18-7-5-4-6-8-18;1-11(15)12-7-9-14(10-8-12)16-13-5-3-2-4-6-13;1-4(11)6-3-17-9(16)15(6)8-13-5(2)12-7(10)14-8;/h4-12,14-15,20H,13H2,1-3H3,(H,25,26,27,28);2-11H,15H2,1H3;4,6H,3H2,1-2H3;1H/t14-,15-,20+;11-;4-,6+;/m000./s1. The lowest BCUT2D eigenvalue weighted by atomic mass is 10.1. The molecule has 8 rings (SSSR count). The van der Waals surface area contributed by atoms with Crippen molar-refractivity contribution in [2.45, 2.75) is 78.1 Å². The minimum absolute atomic E-state index is 0. The molecule has 20 heteroatoms. The summed E-state index contributed by atoms with van der Waals surface area (Å²) in [4.78, 5) is 50.2. The van der Waals surface area contributed by atoms with Crippen molar-refractivity contribution < 1.29 is 37.3 Å². The van der Waals surface area contributed by atoms with Crippen LogP contribution >= 0.6 is 24.0 Å².